The minimum absolute atomic E-state index is 0.0503. The first-order valence-electron chi connectivity index (χ1n) is 9.36. The quantitative estimate of drug-likeness (QED) is 0.702. The molecular formula is C21H19N3O5. The van der Waals surface area contributed by atoms with Gasteiger partial charge in [0.05, 0.1) is 5.57 Å². The summed E-state index contributed by atoms with van der Waals surface area (Å²) in [5, 5.41) is 0. The Hall–Kier alpha value is -3.42. The maximum absolute atomic E-state index is 13.7. The van der Waals surface area contributed by atoms with Crippen LogP contribution in [0.4, 0.5) is 5.69 Å². The van der Waals surface area contributed by atoms with Gasteiger partial charge in [-0.3, -0.25) is 24.4 Å². The number of anilines is 1. The number of Topliss-reactive ketones (excluding diaryl/α,β-unsaturated/α-hetero) is 1. The summed E-state index contributed by atoms with van der Waals surface area (Å²) in [6.07, 6.45) is 0.635. The fourth-order valence-electron chi connectivity index (χ4n) is 4.94. The van der Waals surface area contributed by atoms with Crippen LogP contribution in [0.1, 0.15) is 37.8 Å². The predicted octanol–water partition coefficient (Wildman–Crippen LogP) is 1.36. The van der Waals surface area contributed by atoms with Gasteiger partial charge in [0.15, 0.2) is 5.78 Å². The van der Waals surface area contributed by atoms with Crippen molar-refractivity contribution in [3.05, 3.63) is 67.6 Å². The smallest absolute Gasteiger partial charge is 0.328 e. The molecule has 1 amide bonds. The van der Waals surface area contributed by atoms with Gasteiger partial charge in [0.1, 0.15) is 16.7 Å². The molecule has 2 aliphatic heterocycles. The monoisotopic (exact) mass is 393 g/mol. The molecule has 2 aromatic rings. The van der Waals surface area contributed by atoms with Crippen molar-refractivity contribution in [2.75, 3.05) is 11.9 Å². The molecule has 8 nitrogen and oxygen atoms in total. The highest BCUT2D eigenvalue weighted by atomic mass is 16.5. The van der Waals surface area contributed by atoms with E-state index in [1.54, 1.807) is 31.3 Å². The highest BCUT2D eigenvalue weighted by Crippen LogP contribution is 2.57. The van der Waals surface area contributed by atoms with Gasteiger partial charge in [0.25, 0.3) is 5.56 Å². The lowest BCUT2D eigenvalue weighted by Crippen LogP contribution is -2.52. The number of aromatic amines is 2. The third kappa shape index (κ3) is 2.08. The Labute approximate surface area is 165 Å². The van der Waals surface area contributed by atoms with E-state index in [1.807, 2.05) is 13.8 Å². The van der Waals surface area contributed by atoms with Crippen LogP contribution in [0.25, 0.3) is 0 Å². The zero-order valence-corrected chi connectivity index (χ0v) is 16.2. The van der Waals surface area contributed by atoms with E-state index in [0.717, 1.165) is 0 Å². The third-order valence-corrected chi connectivity index (χ3v) is 6.01. The number of ketones is 1. The molecule has 5 rings (SSSR count). The fraction of sp³-hybridized carbons (Fsp3) is 0.333. The Kier molecular flexibility index (Phi) is 3.25. The van der Waals surface area contributed by atoms with Gasteiger partial charge in [-0.25, -0.2) is 4.79 Å². The largest absolute Gasteiger partial charge is 0.444 e. The molecule has 8 heteroatoms. The van der Waals surface area contributed by atoms with Crippen LogP contribution in [0.3, 0.4) is 0 Å². The Morgan fingerprint density at radius 3 is 2.52 bits per heavy atom. The second-order valence-corrected chi connectivity index (χ2v) is 8.58. The van der Waals surface area contributed by atoms with Crippen molar-refractivity contribution < 1.29 is 14.3 Å². The molecule has 3 heterocycles. The summed E-state index contributed by atoms with van der Waals surface area (Å²) in [6, 6.07) is 7.07. The molecule has 148 valence electrons. The van der Waals surface area contributed by atoms with Gasteiger partial charge in [-0.15, -0.1) is 0 Å². The number of hydrogen-bond acceptors (Lipinski definition) is 5. The van der Waals surface area contributed by atoms with Gasteiger partial charge >= 0.3 is 5.69 Å². The average Bonchev–Trinajstić information content (AvgIpc) is 2.83. The molecule has 0 saturated carbocycles. The number of fused-ring (bicyclic) bond motifs is 5. The number of para-hydroxylation sites is 1. The van der Waals surface area contributed by atoms with Crippen LogP contribution < -0.4 is 20.9 Å². The number of aromatic nitrogens is 2. The predicted molar refractivity (Wildman–Crippen MR) is 104 cm³/mol. The van der Waals surface area contributed by atoms with Crippen molar-refractivity contribution in [1.82, 2.24) is 9.97 Å². The number of benzene rings is 1. The molecule has 0 saturated heterocycles. The fourth-order valence-corrected chi connectivity index (χ4v) is 4.94. The molecule has 1 aliphatic carbocycles. The average molecular weight is 393 g/mol. The summed E-state index contributed by atoms with van der Waals surface area (Å²) in [6.45, 7) is 3.88. The van der Waals surface area contributed by atoms with Gasteiger partial charge in [0.2, 0.25) is 11.8 Å². The first-order chi connectivity index (χ1) is 13.7. The maximum atomic E-state index is 13.7. The molecule has 0 radical (unpaired) electrons. The van der Waals surface area contributed by atoms with E-state index in [4.69, 9.17) is 4.74 Å². The summed E-state index contributed by atoms with van der Waals surface area (Å²) in [5.74, 6) is -0.396. The van der Waals surface area contributed by atoms with E-state index in [2.05, 4.69) is 9.97 Å². The summed E-state index contributed by atoms with van der Waals surface area (Å²) in [5.41, 5.74) is -2.19. The Bertz CT molecular complexity index is 1270. The topological polar surface area (TPSA) is 112 Å². The first kappa shape index (κ1) is 17.7. The lowest BCUT2D eigenvalue weighted by Gasteiger charge is -2.41. The van der Waals surface area contributed by atoms with Crippen molar-refractivity contribution in [3.63, 3.8) is 0 Å². The van der Waals surface area contributed by atoms with E-state index < -0.39 is 22.6 Å². The van der Waals surface area contributed by atoms with Gasteiger partial charge in [-0.05, 0) is 11.5 Å². The molecule has 1 aromatic heterocycles. The van der Waals surface area contributed by atoms with Gasteiger partial charge < -0.3 is 9.64 Å². The molecule has 0 bridgehead atoms. The lowest BCUT2D eigenvalue weighted by atomic mass is 9.62. The number of carbonyl (C=O) groups excluding carboxylic acids is 2. The number of nitrogens with one attached hydrogen (secondary N) is 2. The second-order valence-electron chi connectivity index (χ2n) is 8.58. The van der Waals surface area contributed by atoms with Crippen molar-refractivity contribution in [1.29, 1.82) is 0 Å². The van der Waals surface area contributed by atoms with E-state index >= 15 is 0 Å². The summed E-state index contributed by atoms with van der Waals surface area (Å²) in [7, 11) is 1.61. The number of carbonyl (C=O) groups is 2. The SMILES string of the molecule is CN1C(=O)C2(C3=C(CC(C)(C)CC3=O)Oc3[nH]c(=O)[nH]c(=O)c32)c2ccccc21. The molecule has 0 fully saturated rings. The number of rotatable bonds is 0. The van der Waals surface area contributed by atoms with Crippen LogP contribution >= 0.6 is 0 Å². The van der Waals surface area contributed by atoms with Crippen LogP contribution in [0.2, 0.25) is 0 Å². The molecule has 1 atom stereocenters. The highest BCUT2D eigenvalue weighted by Gasteiger charge is 2.62. The summed E-state index contributed by atoms with van der Waals surface area (Å²) in [4.78, 5) is 58.2. The number of hydrogen-bond donors (Lipinski definition) is 2. The van der Waals surface area contributed by atoms with Crippen LogP contribution in [0.5, 0.6) is 5.88 Å². The molecule has 1 aromatic carbocycles. The van der Waals surface area contributed by atoms with Crippen molar-refractivity contribution >= 4 is 17.4 Å². The van der Waals surface area contributed by atoms with Crippen LogP contribution in [0.15, 0.2) is 45.2 Å². The molecule has 29 heavy (non-hydrogen) atoms. The Morgan fingerprint density at radius 1 is 1.03 bits per heavy atom. The molecule has 3 aliphatic rings. The number of H-pyrrole nitrogens is 2. The molecule has 1 spiro atoms. The lowest BCUT2D eigenvalue weighted by molar-refractivity contribution is -0.125. The third-order valence-electron chi connectivity index (χ3n) is 6.01. The first-order valence-corrected chi connectivity index (χ1v) is 9.36. The standard InChI is InChI=1S/C21H19N3O5/c1-20(2)8-12(25)14-13(9-20)29-17-15(16(26)22-19(28)23-17)21(14)10-6-4-5-7-11(10)24(3)18(21)27/h4-7H,8-9H2,1-3H3,(H2,22,23,26,28). The normalized spacial score (nSPS) is 24.3. The van der Waals surface area contributed by atoms with E-state index in [0.29, 0.717) is 23.4 Å². The van der Waals surface area contributed by atoms with Gasteiger partial charge in [-0.2, -0.15) is 0 Å². The number of nitrogens with zero attached hydrogens (tertiary/aromatic N) is 1. The van der Waals surface area contributed by atoms with Crippen molar-refractivity contribution in [3.8, 4) is 5.88 Å². The number of allylic oxidation sites excluding steroid dienone is 1. The van der Waals surface area contributed by atoms with E-state index in [1.165, 1.54) is 4.90 Å². The number of ether oxygens (including phenoxy) is 1. The van der Waals surface area contributed by atoms with Gasteiger partial charge in [-0.1, -0.05) is 32.0 Å². The number of likely N-dealkylation sites (N-methyl/N-ethyl adjacent to an activating group) is 1. The molecule has 1 unspecified atom stereocenters. The maximum Gasteiger partial charge on any atom is 0.328 e. The minimum atomic E-state index is -1.64. The molecular weight excluding hydrogens is 374 g/mol. The Morgan fingerprint density at radius 2 is 1.76 bits per heavy atom. The summed E-state index contributed by atoms with van der Waals surface area (Å²) < 4.78 is 5.90. The van der Waals surface area contributed by atoms with Crippen molar-refractivity contribution in [2.24, 2.45) is 5.41 Å². The van der Waals surface area contributed by atoms with Crippen molar-refractivity contribution in [2.45, 2.75) is 32.1 Å². The van der Waals surface area contributed by atoms with Gasteiger partial charge in [0, 0.05) is 31.1 Å². The zero-order chi connectivity index (χ0) is 20.7. The van der Waals surface area contributed by atoms with E-state index in [9.17, 15) is 19.2 Å². The van der Waals surface area contributed by atoms with E-state index in [-0.39, 0.29) is 34.6 Å². The number of amides is 1. The minimum Gasteiger partial charge on any atom is -0.444 e. The Balaban J connectivity index is 1.98. The second kappa shape index (κ2) is 5.34. The molecule has 2 N–H and O–H groups in total. The highest BCUT2D eigenvalue weighted by molar-refractivity contribution is 6.19. The van der Waals surface area contributed by atoms with Crippen LogP contribution in [-0.4, -0.2) is 28.7 Å². The zero-order valence-electron chi connectivity index (χ0n) is 16.2. The van der Waals surface area contributed by atoms with Crippen LogP contribution in [0, 0.1) is 5.41 Å². The van der Waals surface area contributed by atoms with Crippen LogP contribution in [-0.2, 0) is 15.0 Å². The summed E-state index contributed by atoms with van der Waals surface area (Å²) >= 11 is 0.